The number of aromatic nitrogens is 1. The molecular weight excluding hydrogens is 381 g/mol. The summed E-state index contributed by atoms with van der Waals surface area (Å²) in [5.74, 6) is -0.955. The summed E-state index contributed by atoms with van der Waals surface area (Å²) in [5, 5.41) is 11.2. The van der Waals surface area contributed by atoms with Crippen molar-refractivity contribution >= 4 is 33.6 Å². The van der Waals surface area contributed by atoms with Crippen molar-refractivity contribution in [3.8, 4) is 5.75 Å². The molecule has 28 heavy (non-hydrogen) atoms. The summed E-state index contributed by atoms with van der Waals surface area (Å²) < 4.78 is 20.3. The smallest absolute Gasteiger partial charge is 0.354 e. The van der Waals surface area contributed by atoms with Gasteiger partial charge in [0.1, 0.15) is 16.1 Å². The summed E-state index contributed by atoms with van der Waals surface area (Å²) in [6.45, 7) is 3.89. The highest BCUT2D eigenvalue weighted by Crippen LogP contribution is 2.37. The number of hydrogen-bond donors (Lipinski definition) is 1. The Kier molecular flexibility index (Phi) is 4.52. The highest BCUT2D eigenvalue weighted by molar-refractivity contribution is 7.99. The molecule has 140 valence electrons. The van der Waals surface area contributed by atoms with Crippen LogP contribution in [0.1, 0.15) is 0 Å². The van der Waals surface area contributed by atoms with Gasteiger partial charge in [0, 0.05) is 16.8 Å². The lowest BCUT2D eigenvalue weighted by molar-refractivity contribution is 0.446. The molecule has 5 nitrogen and oxygen atoms in total. The molecule has 0 aliphatic carbocycles. The minimum atomic E-state index is -0.801. The Morgan fingerprint density at radius 3 is 2.71 bits per heavy atom. The third-order valence-electron chi connectivity index (χ3n) is 4.29. The van der Waals surface area contributed by atoms with Gasteiger partial charge < -0.3 is 14.1 Å². The molecule has 2 aromatic carbocycles. The van der Waals surface area contributed by atoms with E-state index in [4.69, 9.17) is 4.42 Å². The molecule has 0 spiro atoms. The number of hydrogen-bond acceptors (Lipinski definition) is 5. The minimum Gasteiger partial charge on any atom is -0.505 e. The molecule has 0 unspecified atom stereocenters. The second-order valence-corrected chi connectivity index (χ2v) is 7.14. The van der Waals surface area contributed by atoms with Crippen molar-refractivity contribution in [2.45, 2.75) is 16.3 Å². The lowest BCUT2D eigenvalue weighted by Crippen LogP contribution is -2.21. The van der Waals surface area contributed by atoms with Crippen LogP contribution in [-0.4, -0.2) is 9.67 Å². The first-order chi connectivity index (χ1) is 13.5. The van der Waals surface area contributed by atoms with Crippen LogP contribution >= 0.6 is 11.8 Å². The zero-order valence-electron chi connectivity index (χ0n) is 14.5. The highest BCUT2D eigenvalue weighted by atomic mass is 32.2. The molecule has 0 amide bonds. The van der Waals surface area contributed by atoms with Gasteiger partial charge in [0.25, 0.3) is 5.56 Å². The van der Waals surface area contributed by atoms with Crippen LogP contribution in [0.25, 0.3) is 21.9 Å². The zero-order valence-corrected chi connectivity index (χ0v) is 15.3. The fourth-order valence-corrected chi connectivity index (χ4v) is 3.97. The van der Waals surface area contributed by atoms with Crippen LogP contribution in [0.5, 0.6) is 5.75 Å². The third kappa shape index (κ3) is 2.90. The van der Waals surface area contributed by atoms with E-state index in [1.165, 1.54) is 22.8 Å². The lowest BCUT2D eigenvalue weighted by atomic mass is 10.1. The molecule has 2 aromatic heterocycles. The quantitative estimate of drug-likeness (QED) is 0.412. The van der Waals surface area contributed by atoms with Gasteiger partial charge in [0.05, 0.1) is 5.52 Å². The predicted molar refractivity (Wildman–Crippen MR) is 107 cm³/mol. The fraction of sp³-hybridized carbons (Fsp3) is 0.0476. The molecule has 2 heterocycles. The van der Waals surface area contributed by atoms with Crippen molar-refractivity contribution in [1.82, 2.24) is 4.57 Å². The molecule has 0 bridgehead atoms. The molecule has 7 heteroatoms. The van der Waals surface area contributed by atoms with E-state index in [9.17, 15) is 19.1 Å². The number of nitrogens with zero attached hydrogens (tertiary/aromatic N) is 1. The van der Waals surface area contributed by atoms with Crippen molar-refractivity contribution < 1.29 is 13.9 Å². The molecule has 0 atom stereocenters. The topological polar surface area (TPSA) is 72.4 Å². The summed E-state index contributed by atoms with van der Waals surface area (Å²) in [5.41, 5.74) is -0.721. The molecule has 0 radical (unpaired) electrons. The number of fused-ring (bicyclic) bond motifs is 3. The van der Waals surface area contributed by atoms with Crippen LogP contribution in [-0.2, 0) is 6.54 Å². The highest BCUT2D eigenvalue weighted by Gasteiger charge is 2.22. The van der Waals surface area contributed by atoms with Gasteiger partial charge in [0.2, 0.25) is 0 Å². The Balaban J connectivity index is 2.07. The summed E-state index contributed by atoms with van der Waals surface area (Å²) in [4.78, 5) is 25.8. The van der Waals surface area contributed by atoms with E-state index in [-0.39, 0.29) is 22.4 Å². The van der Waals surface area contributed by atoms with Gasteiger partial charge >= 0.3 is 5.63 Å². The number of para-hydroxylation sites is 1. The van der Waals surface area contributed by atoms with E-state index >= 15 is 0 Å². The molecular formula is C21H14FNO4S. The van der Waals surface area contributed by atoms with Gasteiger partial charge in [-0.2, -0.15) is 0 Å². The maximum Gasteiger partial charge on any atom is 0.354 e. The van der Waals surface area contributed by atoms with Gasteiger partial charge in [-0.15, -0.1) is 6.58 Å². The fourth-order valence-electron chi connectivity index (χ4n) is 3.09. The largest absolute Gasteiger partial charge is 0.505 e. The molecule has 0 saturated heterocycles. The number of pyridine rings is 1. The van der Waals surface area contributed by atoms with Crippen molar-refractivity contribution in [3.05, 3.63) is 87.8 Å². The average Bonchev–Trinajstić information content (AvgIpc) is 2.68. The number of halogens is 1. The normalized spacial score (nSPS) is 11.2. The Hall–Kier alpha value is -3.32. The van der Waals surface area contributed by atoms with E-state index in [0.29, 0.717) is 15.8 Å². The number of benzene rings is 2. The molecule has 0 aliphatic heterocycles. The van der Waals surface area contributed by atoms with E-state index in [1.54, 1.807) is 36.4 Å². The van der Waals surface area contributed by atoms with Crippen molar-refractivity contribution in [1.29, 1.82) is 0 Å². The molecule has 0 aliphatic rings. The van der Waals surface area contributed by atoms with Gasteiger partial charge in [-0.3, -0.25) is 4.79 Å². The summed E-state index contributed by atoms with van der Waals surface area (Å²) in [7, 11) is 0. The van der Waals surface area contributed by atoms with Gasteiger partial charge in [-0.25, -0.2) is 9.18 Å². The first-order valence-electron chi connectivity index (χ1n) is 8.37. The Morgan fingerprint density at radius 1 is 1.18 bits per heavy atom. The van der Waals surface area contributed by atoms with E-state index in [0.717, 1.165) is 11.8 Å². The van der Waals surface area contributed by atoms with Crippen LogP contribution in [0.2, 0.25) is 0 Å². The van der Waals surface area contributed by atoms with Crippen molar-refractivity contribution in [3.63, 3.8) is 0 Å². The maximum absolute atomic E-state index is 13.5. The standard InChI is InChI=1S/C21H14FNO4S/c1-2-10-23-15-9-4-3-8-14(15)18-16(20(23)25)17(24)19(21(26)27-18)28-13-7-5-6-12(22)11-13/h2-9,11,24H,1,10H2. The van der Waals surface area contributed by atoms with Crippen LogP contribution in [0.4, 0.5) is 4.39 Å². The zero-order chi connectivity index (χ0) is 19.8. The molecule has 4 aromatic rings. The SMILES string of the molecule is C=CCn1c(=O)c2c(O)c(Sc3cccc(F)c3)c(=O)oc2c2ccccc21. The lowest BCUT2D eigenvalue weighted by Gasteiger charge is -2.12. The first-order valence-corrected chi connectivity index (χ1v) is 9.18. The molecule has 1 N–H and O–H groups in total. The van der Waals surface area contributed by atoms with Crippen LogP contribution < -0.4 is 11.2 Å². The second kappa shape index (κ2) is 7.01. The molecule has 0 saturated carbocycles. The van der Waals surface area contributed by atoms with Crippen LogP contribution in [0, 0.1) is 5.82 Å². The predicted octanol–water partition coefficient (Wildman–Crippen LogP) is 4.29. The van der Waals surface area contributed by atoms with Crippen LogP contribution in [0.15, 0.2) is 85.0 Å². The summed E-state index contributed by atoms with van der Waals surface area (Å²) >= 11 is 0.839. The first kappa shape index (κ1) is 18.1. The third-order valence-corrected chi connectivity index (χ3v) is 5.34. The second-order valence-electron chi connectivity index (χ2n) is 6.05. The monoisotopic (exact) mass is 395 g/mol. The molecule has 4 rings (SSSR count). The number of rotatable bonds is 4. The Morgan fingerprint density at radius 2 is 1.96 bits per heavy atom. The van der Waals surface area contributed by atoms with Gasteiger partial charge in [-0.05, 0) is 30.3 Å². The Labute approximate surface area is 162 Å². The summed E-state index contributed by atoms with van der Waals surface area (Å²) in [6.07, 6.45) is 1.57. The number of allylic oxidation sites excluding steroid dienone is 1. The van der Waals surface area contributed by atoms with Gasteiger partial charge in [-0.1, -0.05) is 36.0 Å². The Bertz CT molecular complexity index is 1360. The summed E-state index contributed by atoms with van der Waals surface area (Å²) in [6, 6.07) is 12.5. The molecule has 0 fully saturated rings. The van der Waals surface area contributed by atoms with E-state index in [1.807, 2.05) is 0 Å². The number of aromatic hydroxyl groups is 1. The van der Waals surface area contributed by atoms with E-state index in [2.05, 4.69) is 6.58 Å². The van der Waals surface area contributed by atoms with Crippen molar-refractivity contribution in [2.24, 2.45) is 0 Å². The van der Waals surface area contributed by atoms with E-state index < -0.39 is 22.8 Å². The van der Waals surface area contributed by atoms with Gasteiger partial charge in [0.15, 0.2) is 11.3 Å². The maximum atomic E-state index is 13.5. The van der Waals surface area contributed by atoms with Crippen LogP contribution in [0.3, 0.4) is 0 Å². The van der Waals surface area contributed by atoms with Crippen molar-refractivity contribution in [2.75, 3.05) is 0 Å². The average molecular weight is 395 g/mol. The minimum absolute atomic E-state index is 0.0204.